The second kappa shape index (κ2) is 12.8. The fourth-order valence-electron chi connectivity index (χ4n) is 6.98. The first kappa shape index (κ1) is 29.5. The average molecular weight is 640 g/mol. The molecular weight excluding hydrogens is 607 g/mol. The molecule has 0 aliphatic heterocycles. The molecule has 0 aliphatic rings. The Morgan fingerprint density at radius 1 is 0.280 bits per heavy atom. The fraction of sp³-hybridized carbons (Fsp3) is 0. The molecule has 0 spiro atoms. The summed E-state index contributed by atoms with van der Waals surface area (Å²) >= 11 is 0. The van der Waals surface area contributed by atoms with Crippen molar-refractivity contribution in [2.75, 3.05) is 4.90 Å². The molecule has 0 saturated heterocycles. The normalized spacial score (nSPS) is 11.2. The zero-order chi connectivity index (χ0) is 33.3. The molecule has 9 rings (SSSR count). The van der Waals surface area contributed by atoms with Crippen molar-refractivity contribution in [2.45, 2.75) is 0 Å². The number of hydrogen-bond donors (Lipinski definition) is 0. The van der Waals surface area contributed by atoms with E-state index in [0.29, 0.717) is 0 Å². The van der Waals surface area contributed by atoms with Gasteiger partial charge in [0.25, 0.3) is 0 Å². The summed E-state index contributed by atoms with van der Waals surface area (Å²) in [5.74, 6) is 0. The van der Waals surface area contributed by atoms with Crippen molar-refractivity contribution in [1.82, 2.24) is 0 Å². The largest absolute Gasteiger partial charge is 0.456 e. The molecule has 0 unspecified atom stereocenters. The first-order valence-corrected chi connectivity index (χ1v) is 17.0. The molecule has 2 nitrogen and oxygen atoms in total. The van der Waals surface area contributed by atoms with Crippen molar-refractivity contribution in [3.8, 4) is 44.5 Å². The van der Waals surface area contributed by atoms with Crippen molar-refractivity contribution >= 4 is 39.0 Å². The van der Waals surface area contributed by atoms with Crippen molar-refractivity contribution < 1.29 is 4.42 Å². The number of hydrogen-bond acceptors (Lipinski definition) is 2. The van der Waals surface area contributed by atoms with Gasteiger partial charge in [-0.05, 0) is 99.1 Å². The van der Waals surface area contributed by atoms with Crippen molar-refractivity contribution in [3.05, 3.63) is 200 Å². The Labute approximate surface area is 292 Å². The lowest BCUT2D eigenvalue weighted by Crippen LogP contribution is -2.09. The molecule has 0 fully saturated rings. The molecule has 0 bridgehead atoms. The maximum absolute atomic E-state index is 6.12. The van der Waals surface area contributed by atoms with Crippen LogP contribution < -0.4 is 4.90 Å². The minimum Gasteiger partial charge on any atom is -0.456 e. The fourth-order valence-corrected chi connectivity index (χ4v) is 6.98. The van der Waals surface area contributed by atoms with E-state index in [9.17, 15) is 0 Å². The highest BCUT2D eigenvalue weighted by Gasteiger charge is 2.15. The molecule has 0 radical (unpaired) electrons. The van der Waals surface area contributed by atoms with Crippen molar-refractivity contribution in [2.24, 2.45) is 0 Å². The van der Waals surface area contributed by atoms with Crippen LogP contribution in [0, 0.1) is 0 Å². The molecule has 9 aromatic rings. The summed E-state index contributed by atoms with van der Waals surface area (Å²) < 4.78 is 6.12. The predicted octanol–water partition coefficient (Wildman–Crippen LogP) is 13.7. The van der Waals surface area contributed by atoms with Crippen LogP contribution in [0.2, 0.25) is 0 Å². The lowest BCUT2D eigenvalue weighted by atomic mass is 9.93. The van der Waals surface area contributed by atoms with Crippen LogP contribution in [0.5, 0.6) is 0 Å². The SMILES string of the molecule is c1ccc(-c2ccc(N(c3ccc(-c4ccccc4)cc3)c3ccc(-c4ccccc4-c4ccc5oc6ccccc6c5c4)cc3)cc2)cc1. The van der Waals surface area contributed by atoms with Crippen LogP contribution in [0.1, 0.15) is 0 Å². The molecular formula is C48H33NO. The zero-order valence-electron chi connectivity index (χ0n) is 27.4. The van der Waals surface area contributed by atoms with Crippen LogP contribution in [0.15, 0.2) is 205 Å². The summed E-state index contributed by atoms with van der Waals surface area (Å²) in [5, 5.41) is 2.27. The van der Waals surface area contributed by atoms with E-state index in [-0.39, 0.29) is 0 Å². The van der Waals surface area contributed by atoms with Crippen LogP contribution >= 0.6 is 0 Å². The highest BCUT2D eigenvalue weighted by Crippen LogP contribution is 2.40. The van der Waals surface area contributed by atoms with Crippen LogP contribution in [0.3, 0.4) is 0 Å². The first-order valence-electron chi connectivity index (χ1n) is 17.0. The van der Waals surface area contributed by atoms with E-state index < -0.39 is 0 Å². The van der Waals surface area contributed by atoms with Gasteiger partial charge in [-0.2, -0.15) is 0 Å². The minimum absolute atomic E-state index is 0.908. The summed E-state index contributed by atoms with van der Waals surface area (Å²) in [6.07, 6.45) is 0. The quantitative estimate of drug-likeness (QED) is 0.173. The maximum Gasteiger partial charge on any atom is 0.135 e. The molecule has 1 aromatic heterocycles. The third-order valence-corrected chi connectivity index (χ3v) is 9.52. The number of para-hydroxylation sites is 1. The van der Waals surface area contributed by atoms with Gasteiger partial charge in [0.2, 0.25) is 0 Å². The Morgan fingerprint density at radius 3 is 1.24 bits per heavy atom. The van der Waals surface area contributed by atoms with E-state index in [2.05, 4.69) is 193 Å². The summed E-state index contributed by atoms with van der Waals surface area (Å²) in [5.41, 5.74) is 14.7. The van der Waals surface area contributed by atoms with Gasteiger partial charge < -0.3 is 9.32 Å². The van der Waals surface area contributed by atoms with E-state index >= 15 is 0 Å². The van der Waals surface area contributed by atoms with E-state index in [1.807, 2.05) is 12.1 Å². The van der Waals surface area contributed by atoms with Gasteiger partial charge >= 0.3 is 0 Å². The molecule has 50 heavy (non-hydrogen) atoms. The Kier molecular flexibility index (Phi) is 7.53. The lowest BCUT2D eigenvalue weighted by molar-refractivity contribution is 0.669. The highest BCUT2D eigenvalue weighted by atomic mass is 16.3. The van der Waals surface area contributed by atoms with Gasteiger partial charge in [0.1, 0.15) is 11.2 Å². The number of furan rings is 1. The second-order valence-electron chi connectivity index (χ2n) is 12.6. The third kappa shape index (κ3) is 5.53. The first-order chi connectivity index (χ1) is 24.8. The number of anilines is 3. The topological polar surface area (TPSA) is 16.4 Å². The Hall–Kier alpha value is -6.64. The summed E-state index contributed by atoms with van der Waals surface area (Å²) in [4.78, 5) is 2.33. The number of benzene rings is 8. The number of nitrogens with zero attached hydrogens (tertiary/aromatic N) is 1. The summed E-state index contributed by atoms with van der Waals surface area (Å²) in [7, 11) is 0. The van der Waals surface area contributed by atoms with E-state index in [4.69, 9.17) is 4.42 Å². The molecule has 0 amide bonds. The number of rotatable bonds is 7. The van der Waals surface area contributed by atoms with Gasteiger partial charge in [-0.25, -0.2) is 0 Å². The van der Waals surface area contributed by atoms with Gasteiger partial charge in [-0.15, -0.1) is 0 Å². The Balaban J connectivity index is 1.09. The molecule has 0 atom stereocenters. The van der Waals surface area contributed by atoms with Crippen molar-refractivity contribution in [3.63, 3.8) is 0 Å². The van der Waals surface area contributed by atoms with Crippen LogP contribution in [-0.4, -0.2) is 0 Å². The van der Waals surface area contributed by atoms with Gasteiger partial charge in [-0.3, -0.25) is 0 Å². The summed E-state index contributed by atoms with van der Waals surface area (Å²) in [6, 6.07) is 71.1. The maximum atomic E-state index is 6.12. The van der Waals surface area contributed by atoms with Crippen LogP contribution in [0.25, 0.3) is 66.4 Å². The monoisotopic (exact) mass is 639 g/mol. The Morgan fingerprint density at radius 2 is 0.680 bits per heavy atom. The zero-order valence-corrected chi connectivity index (χ0v) is 27.4. The number of fused-ring (bicyclic) bond motifs is 3. The summed E-state index contributed by atoms with van der Waals surface area (Å²) in [6.45, 7) is 0. The standard InChI is InChI=1S/C48H33NO/c1-3-11-34(12-4-1)36-19-26-40(27-20-36)49(41-28-21-37(22-29-41)35-13-5-2-6-14-35)42-30-23-38(24-31-42)43-15-7-8-16-44(43)39-25-32-48-46(33-39)45-17-9-10-18-47(45)50-48/h1-33H. The van der Waals surface area contributed by atoms with E-state index in [0.717, 1.165) is 39.0 Å². The minimum atomic E-state index is 0.908. The molecule has 236 valence electrons. The predicted molar refractivity (Wildman–Crippen MR) is 210 cm³/mol. The smallest absolute Gasteiger partial charge is 0.135 e. The van der Waals surface area contributed by atoms with Gasteiger partial charge in [0.05, 0.1) is 0 Å². The average Bonchev–Trinajstić information content (AvgIpc) is 3.58. The third-order valence-electron chi connectivity index (χ3n) is 9.52. The molecule has 0 N–H and O–H groups in total. The van der Waals surface area contributed by atoms with E-state index in [1.54, 1.807) is 0 Å². The van der Waals surface area contributed by atoms with Gasteiger partial charge in [-0.1, -0.05) is 146 Å². The Bertz CT molecular complexity index is 2470. The van der Waals surface area contributed by atoms with Crippen molar-refractivity contribution in [1.29, 1.82) is 0 Å². The van der Waals surface area contributed by atoms with E-state index in [1.165, 1.54) is 44.5 Å². The second-order valence-corrected chi connectivity index (χ2v) is 12.6. The molecule has 0 saturated carbocycles. The van der Waals surface area contributed by atoms with Gasteiger partial charge in [0, 0.05) is 27.8 Å². The molecule has 8 aromatic carbocycles. The van der Waals surface area contributed by atoms with Gasteiger partial charge in [0.15, 0.2) is 0 Å². The molecule has 2 heteroatoms. The molecule has 0 aliphatic carbocycles. The lowest BCUT2D eigenvalue weighted by Gasteiger charge is -2.26. The molecule has 1 heterocycles. The highest BCUT2D eigenvalue weighted by molar-refractivity contribution is 6.06. The van der Waals surface area contributed by atoms with Crippen LogP contribution in [0.4, 0.5) is 17.1 Å². The van der Waals surface area contributed by atoms with Crippen LogP contribution in [-0.2, 0) is 0 Å².